The number of sulfonamides is 1. The first kappa shape index (κ1) is 19.7. The molecule has 2 amide bonds. The maximum Gasteiger partial charge on any atom is 0.422 e. The van der Waals surface area contributed by atoms with Gasteiger partial charge in [0.2, 0.25) is 0 Å². The van der Waals surface area contributed by atoms with Crippen LogP contribution >= 0.6 is 11.3 Å². The Balaban J connectivity index is 2.07. The molecule has 0 fully saturated rings. The summed E-state index contributed by atoms with van der Waals surface area (Å²) in [6.45, 7) is -1.53. The van der Waals surface area contributed by atoms with Crippen molar-refractivity contribution in [3.63, 3.8) is 0 Å². The molecule has 0 radical (unpaired) electrons. The van der Waals surface area contributed by atoms with Crippen molar-refractivity contribution in [2.45, 2.75) is 10.4 Å². The molecular formula is C13H10F3N3O5S2. The molecule has 26 heavy (non-hydrogen) atoms. The van der Waals surface area contributed by atoms with Crippen molar-refractivity contribution in [3.8, 4) is 5.75 Å². The lowest BCUT2D eigenvalue weighted by molar-refractivity contribution is -0.153. The van der Waals surface area contributed by atoms with Crippen LogP contribution in [-0.4, -0.2) is 38.0 Å². The number of alkyl halides is 3. The summed E-state index contributed by atoms with van der Waals surface area (Å²) < 4.78 is 66.1. The summed E-state index contributed by atoms with van der Waals surface area (Å²) in [4.78, 5) is 26.5. The van der Waals surface area contributed by atoms with Gasteiger partial charge in [0.05, 0.1) is 11.1 Å². The second-order valence-electron chi connectivity index (χ2n) is 4.70. The summed E-state index contributed by atoms with van der Waals surface area (Å²) in [6, 6.07) is 4.33. The highest BCUT2D eigenvalue weighted by molar-refractivity contribution is 7.92. The van der Waals surface area contributed by atoms with Crippen molar-refractivity contribution in [3.05, 3.63) is 41.0 Å². The van der Waals surface area contributed by atoms with Gasteiger partial charge in [-0.3, -0.25) is 9.59 Å². The average Bonchev–Trinajstić information content (AvgIpc) is 3.03. The quantitative estimate of drug-likeness (QED) is 0.740. The van der Waals surface area contributed by atoms with Crippen molar-refractivity contribution in [1.82, 2.24) is 9.71 Å². The summed E-state index contributed by atoms with van der Waals surface area (Å²) in [6.07, 6.45) is -3.68. The maximum absolute atomic E-state index is 12.1. The molecule has 0 aromatic carbocycles. The third-order valence-corrected chi connectivity index (χ3v) is 5.61. The van der Waals surface area contributed by atoms with Crippen LogP contribution in [0.25, 0.3) is 0 Å². The Bertz CT molecular complexity index is 923. The normalized spacial score (nSPS) is 11.8. The van der Waals surface area contributed by atoms with Crippen molar-refractivity contribution in [1.29, 1.82) is 0 Å². The first-order valence-corrected chi connectivity index (χ1v) is 8.90. The molecule has 0 unspecified atom stereocenters. The van der Waals surface area contributed by atoms with E-state index in [2.05, 4.69) is 9.72 Å². The molecule has 8 nitrogen and oxygen atoms in total. The zero-order valence-electron chi connectivity index (χ0n) is 12.6. The third-order valence-electron chi connectivity index (χ3n) is 2.69. The number of carbonyl (C=O) groups is 2. The highest BCUT2D eigenvalue weighted by Gasteiger charge is 2.28. The molecule has 3 N–H and O–H groups in total. The Labute approximate surface area is 148 Å². The fourth-order valence-corrected chi connectivity index (χ4v) is 3.71. The van der Waals surface area contributed by atoms with Gasteiger partial charge in [-0.25, -0.2) is 18.1 Å². The lowest BCUT2D eigenvalue weighted by Gasteiger charge is -2.09. The number of hydrogen-bond donors (Lipinski definition) is 2. The summed E-state index contributed by atoms with van der Waals surface area (Å²) in [7, 11) is -4.27. The molecule has 2 aromatic rings. The smallest absolute Gasteiger partial charge is 0.422 e. The fraction of sp³-hybridized carbons (Fsp3) is 0.154. The van der Waals surface area contributed by atoms with Gasteiger partial charge in [0.1, 0.15) is 15.7 Å². The highest BCUT2D eigenvalue weighted by atomic mass is 32.2. The molecule has 0 saturated heterocycles. The Hall–Kier alpha value is -2.67. The van der Waals surface area contributed by atoms with E-state index in [4.69, 9.17) is 5.73 Å². The molecule has 140 valence electrons. The van der Waals surface area contributed by atoms with E-state index in [1.54, 1.807) is 4.72 Å². The Kier molecular flexibility index (Phi) is 5.51. The summed E-state index contributed by atoms with van der Waals surface area (Å²) in [5.74, 6) is -2.17. The SMILES string of the molecule is NC(=O)c1ccc(S(=O)(=O)NC(=O)c2ccc(OCC(F)(F)F)cn2)s1. The van der Waals surface area contributed by atoms with Gasteiger partial charge in [-0.2, -0.15) is 13.2 Å². The van der Waals surface area contributed by atoms with E-state index in [-0.39, 0.29) is 20.5 Å². The van der Waals surface area contributed by atoms with Crippen molar-refractivity contribution in [2.24, 2.45) is 5.73 Å². The van der Waals surface area contributed by atoms with Gasteiger partial charge >= 0.3 is 6.18 Å². The zero-order valence-corrected chi connectivity index (χ0v) is 14.2. The first-order chi connectivity index (χ1) is 12.0. The monoisotopic (exact) mass is 409 g/mol. The fourth-order valence-electron chi connectivity index (χ4n) is 1.59. The molecule has 2 aromatic heterocycles. The summed E-state index contributed by atoms with van der Waals surface area (Å²) in [5, 5.41) is 0. The summed E-state index contributed by atoms with van der Waals surface area (Å²) >= 11 is 0.572. The topological polar surface area (TPSA) is 128 Å². The number of pyridine rings is 1. The standard InChI is InChI=1S/C13H10F3N3O5S2/c14-13(15,16)6-24-7-1-2-8(18-5-7)12(21)19-26(22,23)10-4-3-9(25-10)11(17)20/h1-5H,6H2,(H2,17,20)(H,19,21). The van der Waals surface area contributed by atoms with Gasteiger partial charge in [-0.05, 0) is 24.3 Å². The molecule has 0 aliphatic rings. The number of amides is 2. The molecule has 0 aliphatic carbocycles. The second-order valence-corrected chi connectivity index (χ2v) is 7.69. The molecule has 0 bridgehead atoms. The minimum absolute atomic E-state index is 0.0119. The van der Waals surface area contributed by atoms with Crippen LogP contribution in [0.5, 0.6) is 5.75 Å². The van der Waals surface area contributed by atoms with E-state index in [9.17, 15) is 31.2 Å². The predicted molar refractivity (Wildman–Crippen MR) is 83.3 cm³/mol. The lowest BCUT2D eigenvalue weighted by atomic mass is 10.3. The number of thiophene rings is 1. The number of carbonyl (C=O) groups excluding carboxylic acids is 2. The van der Waals surface area contributed by atoms with E-state index in [1.165, 1.54) is 6.07 Å². The van der Waals surface area contributed by atoms with Crippen LogP contribution < -0.4 is 15.2 Å². The number of hydrogen-bond acceptors (Lipinski definition) is 7. The van der Waals surface area contributed by atoms with Crippen LogP contribution in [0, 0.1) is 0 Å². The van der Waals surface area contributed by atoms with Crippen molar-refractivity contribution >= 4 is 33.2 Å². The van der Waals surface area contributed by atoms with Crippen LogP contribution in [0.4, 0.5) is 13.2 Å². The Morgan fingerprint density at radius 2 is 1.92 bits per heavy atom. The molecule has 0 saturated carbocycles. The second kappa shape index (κ2) is 7.29. The molecule has 0 aliphatic heterocycles. The number of nitrogens with one attached hydrogen (secondary N) is 1. The Morgan fingerprint density at radius 3 is 2.42 bits per heavy atom. The van der Waals surface area contributed by atoms with Gasteiger partial charge in [0.15, 0.2) is 6.61 Å². The Morgan fingerprint density at radius 1 is 1.23 bits per heavy atom. The number of primary amides is 1. The number of nitrogens with two attached hydrogens (primary N) is 1. The molecular weight excluding hydrogens is 399 g/mol. The number of ether oxygens (including phenoxy) is 1. The maximum atomic E-state index is 12.1. The van der Waals surface area contributed by atoms with Gasteiger partial charge in [-0.1, -0.05) is 0 Å². The zero-order chi connectivity index (χ0) is 19.5. The van der Waals surface area contributed by atoms with Gasteiger partial charge in [0.25, 0.3) is 21.8 Å². The van der Waals surface area contributed by atoms with Crippen LogP contribution in [0.3, 0.4) is 0 Å². The van der Waals surface area contributed by atoms with Crippen LogP contribution in [0.2, 0.25) is 0 Å². The lowest BCUT2D eigenvalue weighted by Crippen LogP contribution is -2.30. The molecule has 0 atom stereocenters. The number of nitrogens with zero attached hydrogens (tertiary/aromatic N) is 1. The van der Waals surface area contributed by atoms with Crippen molar-refractivity contribution < 1.29 is 35.9 Å². The minimum atomic E-state index is -4.53. The van der Waals surface area contributed by atoms with Gasteiger partial charge in [-0.15, -0.1) is 11.3 Å². The van der Waals surface area contributed by atoms with E-state index in [0.29, 0.717) is 11.3 Å². The van der Waals surface area contributed by atoms with E-state index in [0.717, 1.165) is 24.4 Å². The van der Waals surface area contributed by atoms with Gasteiger partial charge < -0.3 is 10.5 Å². The largest absolute Gasteiger partial charge is 0.483 e. The third kappa shape index (κ3) is 5.16. The van der Waals surface area contributed by atoms with Gasteiger partial charge in [0, 0.05) is 0 Å². The number of halogens is 3. The molecule has 13 heteroatoms. The summed E-state index contributed by atoms with van der Waals surface area (Å²) in [5.41, 5.74) is 4.66. The van der Waals surface area contributed by atoms with E-state index < -0.39 is 34.6 Å². The van der Waals surface area contributed by atoms with Crippen LogP contribution in [0.15, 0.2) is 34.7 Å². The van der Waals surface area contributed by atoms with E-state index >= 15 is 0 Å². The molecule has 0 spiro atoms. The van der Waals surface area contributed by atoms with Crippen molar-refractivity contribution in [2.75, 3.05) is 6.61 Å². The van der Waals surface area contributed by atoms with Crippen LogP contribution in [-0.2, 0) is 10.0 Å². The number of rotatable bonds is 6. The first-order valence-electron chi connectivity index (χ1n) is 6.60. The predicted octanol–water partition coefficient (Wildman–Crippen LogP) is 1.30. The van der Waals surface area contributed by atoms with Crippen LogP contribution in [0.1, 0.15) is 20.2 Å². The highest BCUT2D eigenvalue weighted by Crippen LogP contribution is 2.21. The average molecular weight is 409 g/mol. The number of aromatic nitrogens is 1. The minimum Gasteiger partial charge on any atom is -0.483 e. The van der Waals surface area contributed by atoms with E-state index in [1.807, 2.05) is 0 Å². The molecule has 2 heterocycles. The molecule has 2 rings (SSSR count).